The summed E-state index contributed by atoms with van der Waals surface area (Å²) >= 11 is 0. The van der Waals surface area contributed by atoms with Crippen molar-refractivity contribution in [2.75, 3.05) is 20.3 Å². The van der Waals surface area contributed by atoms with Crippen LogP contribution in [0.15, 0.2) is 0 Å². The van der Waals surface area contributed by atoms with Crippen LogP contribution in [0.4, 0.5) is 8.78 Å². The number of carbonyl (C=O) groups excluding carboxylic acids is 1. The molecule has 1 aliphatic rings. The fourth-order valence-corrected chi connectivity index (χ4v) is 1.15. The van der Waals surface area contributed by atoms with Crippen LogP contribution in [0.3, 0.4) is 0 Å². The molecule has 1 saturated heterocycles. The molecule has 0 bridgehead atoms. The number of carbonyl (C=O) groups is 1. The maximum Gasteiger partial charge on any atom is 0.311 e. The van der Waals surface area contributed by atoms with E-state index in [9.17, 15) is 13.6 Å². The molecule has 1 unspecified atom stereocenters. The number of esters is 1. The minimum absolute atomic E-state index is 0.0300. The van der Waals surface area contributed by atoms with Gasteiger partial charge in [0.1, 0.15) is 6.61 Å². The van der Waals surface area contributed by atoms with Crippen LogP contribution in [0, 0.1) is 5.92 Å². The van der Waals surface area contributed by atoms with Crippen molar-refractivity contribution in [1.82, 2.24) is 0 Å². The van der Waals surface area contributed by atoms with E-state index in [4.69, 9.17) is 0 Å². The van der Waals surface area contributed by atoms with Crippen LogP contribution in [-0.2, 0) is 14.3 Å². The topological polar surface area (TPSA) is 35.5 Å². The highest BCUT2D eigenvalue weighted by molar-refractivity contribution is 5.72. The molecule has 3 nitrogen and oxygen atoms in total. The highest BCUT2D eigenvalue weighted by Crippen LogP contribution is 2.29. The van der Waals surface area contributed by atoms with E-state index < -0.39 is 30.8 Å². The number of hydrogen-bond acceptors (Lipinski definition) is 3. The summed E-state index contributed by atoms with van der Waals surface area (Å²) in [6.45, 7) is -0.567. The Labute approximate surface area is 68.6 Å². The Hall–Kier alpha value is -0.710. The second kappa shape index (κ2) is 3.35. The summed E-state index contributed by atoms with van der Waals surface area (Å²) in [5, 5.41) is 0. The highest BCUT2D eigenvalue weighted by atomic mass is 19.3. The minimum atomic E-state index is -2.89. The zero-order valence-electron chi connectivity index (χ0n) is 6.68. The normalized spacial score (nSPS) is 28.1. The van der Waals surface area contributed by atoms with Crippen LogP contribution < -0.4 is 0 Å². The predicted molar refractivity (Wildman–Crippen MR) is 35.9 cm³/mol. The molecule has 1 rings (SSSR count). The second-order valence-electron chi connectivity index (χ2n) is 2.80. The van der Waals surface area contributed by atoms with Crippen molar-refractivity contribution in [2.45, 2.75) is 12.3 Å². The number of halogens is 2. The third-order valence-corrected chi connectivity index (χ3v) is 1.71. The van der Waals surface area contributed by atoms with E-state index >= 15 is 0 Å². The van der Waals surface area contributed by atoms with Gasteiger partial charge >= 0.3 is 5.97 Å². The predicted octanol–water partition coefficient (Wildman–Crippen LogP) is 0.831. The zero-order valence-corrected chi connectivity index (χ0v) is 6.68. The van der Waals surface area contributed by atoms with Gasteiger partial charge in [0.25, 0.3) is 5.92 Å². The summed E-state index contributed by atoms with van der Waals surface area (Å²) < 4.78 is 34.1. The SMILES string of the molecule is COC(=O)C1COCC(F)(F)C1. The average molecular weight is 180 g/mol. The van der Waals surface area contributed by atoms with E-state index in [1.165, 1.54) is 7.11 Å². The van der Waals surface area contributed by atoms with Gasteiger partial charge in [-0.05, 0) is 0 Å². The van der Waals surface area contributed by atoms with Gasteiger partial charge in [0.05, 0.1) is 19.6 Å². The lowest BCUT2D eigenvalue weighted by atomic mass is 10.00. The molecule has 0 aliphatic carbocycles. The molecule has 70 valence electrons. The smallest absolute Gasteiger partial charge is 0.311 e. The summed E-state index contributed by atoms with van der Waals surface area (Å²) in [4.78, 5) is 10.8. The lowest BCUT2D eigenvalue weighted by Crippen LogP contribution is -2.38. The maximum atomic E-state index is 12.6. The first-order valence-corrected chi connectivity index (χ1v) is 3.58. The minimum Gasteiger partial charge on any atom is -0.469 e. The Kier molecular flexibility index (Phi) is 2.62. The Bertz CT molecular complexity index is 181. The third kappa shape index (κ3) is 2.14. The molecule has 0 saturated carbocycles. The molecule has 0 spiro atoms. The Morgan fingerprint density at radius 3 is 2.83 bits per heavy atom. The summed E-state index contributed by atoms with van der Waals surface area (Å²) in [6, 6.07) is 0. The standard InChI is InChI=1S/C7H10F2O3/c1-11-6(10)5-2-7(8,9)4-12-3-5/h5H,2-4H2,1H3. The molecule has 1 heterocycles. The number of hydrogen-bond donors (Lipinski definition) is 0. The molecule has 12 heavy (non-hydrogen) atoms. The molecule has 0 N–H and O–H groups in total. The van der Waals surface area contributed by atoms with Gasteiger partial charge in [0.15, 0.2) is 0 Å². The number of methoxy groups -OCH3 is 1. The number of ether oxygens (including phenoxy) is 2. The van der Waals surface area contributed by atoms with Crippen molar-refractivity contribution in [3.63, 3.8) is 0 Å². The van der Waals surface area contributed by atoms with Gasteiger partial charge in [0.2, 0.25) is 0 Å². The van der Waals surface area contributed by atoms with Crippen LogP contribution >= 0.6 is 0 Å². The lowest BCUT2D eigenvalue weighted by molar-refractivity contribution is -0.170. The van der Waals surface area contributed by atoms with Crippen LogP contribution in [-0.4, -0.2) is 32.2 Å². The molecule has 0 radical (unpaired) electrons. The molecule has 1 atom stereocenters. The summed E-state index contributed by atoms with van der Waals surface area (Å²) in [5.74, 6) is -4.34. The first-order valence-electron chi connectivity index (χ1n) is 3.58. The molecular formula is C7H10F2O3. The summed E-state index contributed by atoms with van der Waals surface area (Å²) in [5.41, 5.74) is 0. The van der Waals surface area contributed by atoms with Crippen molar-refractivity contribution in [3.8, 4) is 0 Å². The molecule has 0 aromatic heterocycles. The monoisotopic (exact) mass is 180 g/mol. The Morgan fingerprint density at radius 2 is 2.33 bits per heavy atom. The molecule has 5 heteroatoms. The first kappa shape index (κ1) is 9.38. The first-order chi connectivity index (χ1) is 5.55. The van der Waals surface area contributed by atoms with Crippen molar-refractivity contribution >= 4 is 5.97 Å². The Morgan fingerprint density at radius 1 is 1.67 bits per heavy atom. The van der Waals surface area contributed by atoms with Gasteiger partial charge in [0, 0.05) is 6.42 Å². The van der Waals surface area contributed by atoms with Gasteiger partial charge < -0.3 is 9.47 Å². The van der Waals surface area contributed by atoms with Crippen LogP contribution in [0.5, 0.6) is 0 Å². The van der Waals surface area contributed by atoms with Gasteiger partial charge in [-0.25, -0.2) is 8.78 Å². The second-order valence-corrected chi connectivity index (χ2v) is 2.80. The van der Waals surface area contributed by atoms with E-state index in [-0.39, 0.29) is 6.61 Å². The Balaban J connectivity index is 2.52. The zero-order chi connectivity index (χ0) is 9.19. The van der Waals surface area contributed by atoms with Gasteiger partial charge in [-0.1, -0.05) is 0 Å². The van der Waals surface area contributed by atoms with E-state index in [2.05, 4.69) is 9.47 Å². The maximum absolute atomic E-state index is 12.6. The number of rotatable bonds is 1. The highest BCUT2D eigenvalue weighted by Gasteiger charge is 2.40. The van der Waals surface area contributed by atoms with Crippen LogP contribution in [0.25, 0.3) is 0 Å². The molecule has 1 aliphatic heterocycles. The van der Waals surface area contributed by atoms with E-state index in [1.54, 1.807) is 0 Å². The molecular weight excluding hydrogens is 170 g/mol. The van der Waals surface area contributed by atoms with Gasteiger partial charge in [-0.3, -0.25) is 4.79 Å². The van der Waals surface area contributed by atoms with Crippen LogP contribution in [0.1, 0.15) is 6.42 Å². The summed E-state index contributed by atoms with van der Waals surface area (Å²) in [6.07, 6.45) is -0.473. The lowest BCUT2D eigenvalue weighted by Gasteiger charge is -2.27. The fraction of sp³-hybridized carbons (Fsp3) is 0.857. The number of alkyl halides is 2. The average Bonchev–Trinajstić information content (AvgIpc) is 2.01. The molecule has 0 amide bonds. The van der Waals surface area contributed by atoms with E-state index in [0.717, 1.165) is 0 Å². The molecule has 0 aromatic rings. The van der Waals surface area contributed by atoms with Crippen molar-refractivity contribution in [3.05, 3.63) is 0 Å². The van der Waals surface area contributed by atoms with E-state index in [1.807, 2.05) is 0 Å². The van der Waals surface area contributed by atoms with Crippen molar-refractivity contribution < 1.29 is 23.0 Å². The van der Waals surface area contributed by atoms with Crippen molar-refractivity contribution in [1.29, 1.82) is 0 Å². The van der Waals surface area contributed by atoms with Crippen LogP contribution in [0.2, 0.25) is 0 Å². The van der Waals surface area contributed by atoms with Gasteiger partial charge in [-0.2, -0.15) is 0 Å². The fourth-order valence-electron chi connectivity index (χ4n) is 1.15. The molecule has 1 fully saturated rings. The third-order valence-electron chi connectivity index (χ3n) is 1.71. The quantitative estimate of drug-likeness (QED) is 0.561. The van der Waals surface area contributed by atoms with Gasteiger partial charge in [-0.15, -0.1) is 0 Å². The van der Waals surface area contributed by atoms with Crippen molar-refractivity contribution in [2.24, 2.45) is 5.92 Å². The van der Waals surface area contributed by atoms with E-state index in [0.29, 0.717) is 0 Å². The largest absolute Gasteiger partial charge is 0.469 e. The molecule has 0 aromatic carbocycles. The summed E-state index contributed by atoms with van der Waals surface area (Å²) in [7, 11) is 1.18.